The number of nitrogens with one attached hydrogen (secondary N) is 3. The molecule has 1 aromatic carbocycles. The fourth-order valence-corrected chi connectivity index (χ4v) is 3.50. The Bertz CT molecular complexity index is 1060. The van der Waals surface area contributed by atoms with Gasteiger partial charge in [-0.1, -0.05) is 39.0 Å². The lowest BCUT2D eigenvalue weighted by Gasteiger charge is -2.20. The van der Waals surface area contributed by atoms with E-state index >= 15 is 0 Å². The molecular formula is C24H31N5O5. The minimum absolute atomic E-state index is 0.0299. The van der Waals surface area contributed by atoms with E-state index in [4.69, 9.17) is 9.57 Å². The van der Waals surface area contributed by atoms with Crippen LogP contribution in [0.1, 0.15) is 68.7 Å². The van der Waals surface area contributed by atoms with Crippen molar-refractivity contribution >= 4 is 17.8 Å². The fourth-order valence-electron chi connectivity index (χ4n) is 3.50. The number of aromatic nitrogens is 2. The molecule has 182 valence electrons. The van der Waals surface area contributed by atoms with Gasteiger partial charge in [0.25, 0.3) is 5.91 Å². The Hall–Kier alpha value is -3.82. The molecule has 0 saturated heterocycles. The SMILES string of the molecule is CCCC(=O)ONC(=O)C1=CN(C)C(c2cccc(-c3cc(C(=O)NC(CC)CC)[nH]n3)c2)O1. The van der Waals surface area contributed by atoms with Gasteiger partial charge in [-0.3, -0.25) is 14.7 Å². The number of rotatable bonds is 9. The molecule has 0 radical (unpaired) electrons. The van der Waals surface area contributed by atoms with Gasteiger partial charge in [-0.05, 0) is 31.4 Å². The Labute approximate surface area is 198 Å². The Morgan fingerprint density at radius 2 is 1.94 bits per heavy atom. The third-order valence-corrected chi connectivity index (χ3v) is 5.48. The molecule has 2 amide bonds. The van der Waals surface area contributed by atoms with Gasteiger partial charge < -0.3 is 19.8 Å². The lowest BCUT2D eigenvalue weighted by Crippen LogP contribution is -2.33. The number of hydroxylamine groups is 1. The van der Waals surface area contributed by atoms with Crippen molar-refractivity contribution in [1.29, 1.82) is 0 Å². The number of H-pyrrole nitrogens is 1. The van der Waals surface area contributed by atoms with Gasteiger partial charge in [0.2, 0.25) is 5.76 Å². The number of aromatic amines is 1. The highest BCUT2D eigenvalue weighted by Crippen LogP contribution is 2.32. The summed E-state index contributed by atoms with van der Waals surface area (Å²) in [5, 5.41) is 10.1. The second kappa shape index (κ2) is 11.4. The maximum Gasteiger partial charge on any atom is 0.332 e. The molecule has 1 unspecified atom stereocenters. The zero-order valence-electron chi connectivity index (χ0n) is 19.9. The van der Waals surface area contributed by atoms with Gasteiger partial charge in [-0.2, -0.15) is 10.6 Å². The normalized spacial score (nSPS) is 15.0. The van der Waals surface area contributed by atoms with Crippen molar-refractivity contribution in [3.8, 4) is 11.3 Å². The van der Waals surface area contributed by atoms with Gasteiger partial charge in [0.1, 0.15) is 5.69 Å². The largest absolute Gasteiger partial charge is 0.459 e. The Morgan fingerprint density at radius 3 is 2.65 bits per heavy atom. The average Bonchev–Trinajstić information content (AvgIpc) is 3.48. The van der Waals surface area contributed by atoms with E-state index in [1.807, 2.05) is 45.0 Å². The van der Waals surface area contributed by atoms with Crippen molar-refractivity contribution in [2.75, 3.05) is 7.05 Å². The molecule has 0 aliphatic carbocycles. The van der Waals surface area contributed by atoms with E-state index in [9.17, 15) is 14.4 Å². The molecular weight excluding hydrogens is 438 g/mol. The quantitative estimate of drug-likeness (QED) is 0.482. The van der Waals surface area contributed by atoms with Crippen LogP contribution in [-0.2, 0) is 19.2 Å². The Kier molecular flexibility index (Phi) is 8.29. The topological polar surface area (TPSA) is 126 Å². The highest BCUT2D eigenvalue weighted by Gasteiger charge is 2.29. The number of hydrogen-bond donors (Lipinski definition) is 3. The van der Waals surface area contributed by atoms with Gasteiger partial charge in [-0.15, -0.1) is 0 Å². The lowest BCUT2D eigenvalue weighted by atomic mass is 10.1. The summed E-state index contributed by atoms with van der Waals surface area (Å²) in [6, 6.07) is 9.31. The Morgan fingerprint density at radius 1 is 1.18 bits per heavy atom. The van der Waals surface area contributed by atoms with E-state index in [2.05, 4.69) is 21.0 Å². The summed E-state index contributed by atoms with van der Waals surface area (Å²) < 4.78 is 5.81. The molecule has 3 N–H and O–H groups in total. The molecule has 0 spiro atoms. The summed E-state index contributed by atoms with van der Waals surface area (Å²) >= 11 is 0. The van der Waals surface area contributed by atoms with Crippen molar-refractivity contribution in [3.05, 3.63) is 53.5 Å². The van der Waals surface area contributed by atoms with E-state index in [1.54, 1.807) is 18.0 Å². The molecule has 10 nitrogen and oxygen atoms in total. The predicted octanol–water partition coefficient (Wildman–Crippen LogP) is 3.17. The molecule has 1 atom stereocenters. The number of ether oxygens (including phenoxy) is 1. The van der Waals surface area contributed by atoms with Crippen LogP contribution in [0.3, 0.4) is 0 Å². The lowest BCUT2D eigenvalue weighted by molar-refractivity contribution is -0.158. The highest BCUT2D eigenvalue weighted by atomic mass is 16.7. The van der Waals surface area contributed by atoms with E-state index in [1.165, 1.54) is 6.20 Å². The first-order chi connectivity index (χ1) is 16.4. The number of amides is 2. The highest BCUT2D eigenvalue weighted by molar-refractivity contribution is 5.93. The standard InChI is InChI=1S/C24H31N5O5/c1-5-9-21(30)34-28-23(32)20-14-29(4)24(33-20)16-11-8-10-15(12-16)18-13-19(27-26-18)22(31)25-17(6-2)7-3/h8,10-14,17,24H,5-7,9H2,1-4H3,(H,25,31)(H,26,27)(H,28,32). The van der Waals surface area contributed by atoms with Crippen LogP contribution in [0.4, 0.5) is 0 Å². The minimum Gasteiger partial charge on any atom is -0.459 e. The zero-order chi connectivity index (χ0) is 24.7. The van der Waals surface area contributed by atoms with Gasteiger partial charge in [0.15, 0.2) is 6.23 Å². The van der Waals surface area contributed by atoms with Crippen LogP contribution in [0.15, 0.2) is 42.3 Å². The number of hydrogen-bond acceptors (Lipinski definition) is 7. The molecule has 2 aromatic rings. The van der Waals surface area contributed by atoms with Gasteiger partial charge in [0, 0.05) is 30.6 Å². The molecule has 0 saturated carbocycles. The number of benzene rings is 1. The summed E-state index contributed by atoms with van der Waals surface area (Å²) in [5.74, 6) is -1.32. The molecule has 1 aliphatic rings. The van der Waals surface area contributed by atoms with E-state index in [0.717, 1.165) is 24.0 Å². The smallest absolute Gasteiger partial charge is 0.332 e. The number of carbonyl (C=O) groups excluding carboxylic acids is 3. The fraction of sp³-hybridized carbons (Fsp3) is 0.417. The maximum absolute atomic E-state index is 12.5. The Balaban J connectivity index is 1.67. The van der Waals surface area contributed by atoms with Crippen molar-refractivity contribution in [3.63, 3.8) is 0 Å². The number of carbonyl (C=O) groups is 3. The first-order valence-electron chi connectivity index (χ1n) is 11.4. The van der Waals surface area contributed by atoms with Crippen LogP contribution in [0.25, 0.3) is 11.3 Å². The van der Waals surface area contributed by atoms with Crippen LogP contribution >= 0.6 is 0 Å². The summed E-state index contributed by atoms with van der Waals surface area (Å²) in [4.78, 5) is 42.7. The van der Waals surface area contributed by atoms with Gasteiger partial charge in [-0.25, -0.2) is 4.79 Å². The van der Waals surface area contributed by atoms with E-state index in [0.29, 0.717) is 17.8 Å². The van der Waals surface area contributed by atoms with Crippen molar-refractivity contribution in [1.82, 2.24) is 25.9 Å². The van der Waals surface area contributed by atoms with Crippen LogP contribution in [-0.4, -0.2) is 46.0 Å². The molecule has 0 fully saturated rings. The number of nitrogens with zero attached hydrogens (tertiary/aromatic N) is 2. The van der Waals surface area contributed by atoms with Gasteiger partial charge in [0.05, 0.1) is 11.9 Å². The van der Waals surface area contributed by atoms with Crippen molar-refractivity contribution in [2.24, 2.45) is 0 Å². The van der Waals surface area contributed by atoms with Crippen LogP contribution < -0.4 is 10.8 Å². The third kappa shape index (κ3) is 5.94. The van der Waals surface area contributed by atoms with Crippen LogP contribution in [0.2, 0.25) is 0 Å². The average molecular weight is 470 g/mol. The van der Waals surface area contributed by atoms with Crippen LogP contribution in [0, 0.1) is 0 Å². The summed E-state index contributed by atoms with van der Waals surface area (Å²) in [6.07, 6.45) is 3.53. The zero-order valence-corrected chi connectivity index (χ0v) is 19.9. The first-order valence-corrected chi connectivity index (χ1v) is 11.4. The molecule has 1 aromatic heterocycles. The second-order valence-electron chi connectivity index (χ2n) is 8.06. The van der Waals surface area contributed by atoms with E-state index in [-0.39, 0.29) is 24.1 Å². The summed E-state index contributed by atoms with van der Waals surface area (Å²) in [7, 11) is 1.77. The second-order valence-corrected chi connectivity index (χ2v) is 8.06. The monoisotopic (exact) mass is 469 g/mol. The van der Waals surface area contributed by atoms with Crippen LogP contribution in [0.5, 0.6) is 0 Å². The van der Waals surface area contributed by atoms with Crippen molar-refractivity contribution < 1.29 is 24.0 Å². The summed E-state index contributed by atoms with van der Waals surface area (Å²) in [5.41, 5.74) is 4.69. The molecule has 10 heteroatoms. The van der Waals surface area contributed by atoms with Gasteiger partial charge >= 0.3 is 11.9 Å². The molecule has 1 aliphatic heterocycles. The molecule has 2 heterocycles. The first kappa shape index (κ1) is 24.8. The predicted molar refractivity (Wildman–Crippen MR) is 125 cm³/mol. The molecule has 3 rings (SSSR count). The summed E-state index contributed by atoms with van der Waals surface area (Å²) in [6.45, 7) is 5.90. The molecule has 34 heavy (non-hydrogen) atoms. The third-order valence-electron chi connectivity index (χ3n) is 5.48. The molecule has 0 bridgehead atoms. The minimum atomic E-state index is -0.643. The van der Waals surface area contributed by atoms with Crippen molar-refractivity contribution in [2.45, 2.75) is 58.7 Å². The maximum atomic E-state index is 12.5. The van der Waals surface area contributed by atoms with E-state index < -0.39 is 18.1 Å².